The van der Waals surface area contributed by atoms with Crippen LogP contribution >= 0.6 is 0 Å². The summed E-state index contributed by atoms with van der Waals surface area (Å²) < 4.78 is 5.39. The zero-order valence-corrected chi connectivity index (χ0v) is 15.8. The number of rotatable bonds is 6. The third kappa shape index (κ3) is 4.78. The van der Waals surface area contributed by atoms with E-state index in [4.69, 9.17) is 4.74 Å². The van der Waals surface area contributed by atoms with Crippen molar-refractivity contribution in [2.75, 3.05) is 32.1 Å². The van der Waals surface area contributed by atoms with E-state index in [1.807, 2.05) is 53.4 Å². The van der Waals surface area contributed by atoms with Crippen LogP contribution in [0.4, 0.5) is 5.69 Å². The number of hydrogen-bond donors (Lipinski definition) is 2. The van der Waals surface area contributed by atoms with Gasteiger partial charge in [0.05, 0.1) is 13.2 Å². The molecule has 1 saturated heterocycles. The molecule has 1 amide bonds. The van der Waals surface area contributed by atoms with Crippen LogP contribution < -0.4 is 20.3 Å². The average molecular weight is 366 g/mol. The maximum atomic E-state index is 12.3. The number of nitrogens with zero attached hydrogens (tertiary/aromatic N) is 2. The van der Waals surface area contributed by atoms with Crippen molar-refractivity contribution in [2.24, 2.45) is 4.99 Å². The van der Waals surface area contributed by atoms with Gasteiger partial charge in [0, 0.05) is 32.2 Å². The summed E-state index contributed by atoms with van der Waals surface area (Å²) >= 11 is 0. The van der Waals surface area contributed by atoms with Crippen molar-refractivity contribution in [3.63, 3.8) is 0 Å². The van der Waals surface area contributed by atoms with E-state index in [1.54, 1.807) is 14.2 Å². The molecule has 2 aromatic carbocycles. The van der Waals surface area contributed by atoms with Crippen molar-refractivity contribution < 1.29 is 9.53 Å². The monoisotopic (exact) mass is 366 g/mol. The Hall–Kier alpha value is -3.02. The van der Waals surface area contributed by atoms with E-state index in [0.29, 0.717) is 18.9 Å². The molecule has 6 nitrogen and oxygen atoms in total. The molecule has 3 rings (SSSR count). The third-order valence-corrected chi connectivity index (χ3v) is 4.64. The molecule has 1 aliphatic heterocycles. The minimum Gasteiger partial charge on any atom is -0.496 e. The highest BCUT2D eigenvalue weighted by Gasteiger charge is 2.30. The number of carbonyl (C=O) groups is 1. The van der Waals surface area contributed by atoms with Gasteiger partial charge in [0.1, 0.15) is 5.75 Å². The van der Waals surface area contributed by atoms with Crippen LogP contribution in [-0.2, 0) is 11.2 Å². The van der Waals surface area contributed by atoms with Gasteiger partial charge < -0.3 is 20.3 Å². The number of ether oxygens (including phenoxy) is 1. The van der Waals surface area contributed by atoms with Gasteiger partial charge in [-0.2, -0.15) is 0 Å². The van der Waals surface area contributed by atoms with Crippen molar-refractivity contribution in [3.05, 3.63) is 60.2 Å². The third-order valence-electron chi connectivity index (χ3n) is 4.64. The molecule has 142 valence electrons. The van der Waals surface area contributed by atoms with E-state index in [9.17, 15) is 4.79 Å². The lowest BCUT2D eigenvalue weighted by Crippen LogP contribution is -2.45. The Bertz CT molecular complexity index is 792. The number of para-hydroxylation sites is 2. The van der Waals surface area contributed by atoms with E-state index >= 15 is 0 Å². The largest absolute Gasteiger partial charge is 0.496 e. The molecule has 1 aliphatic rings. The van der Waals surface area contributed by atoms with Gasteiger partial charge in [0.2, 0.25) is 5.91 Å². The number of anilines is 1. The number of amides is 1. The first-order valence-corrected chi connectivity index (χ1v) is 9.15. The summed E-state index contributed by atoms with van der Waals surface area (Å²) in [6, 6.07) is 17.8. The van der Waals surface area contributed by atoms with E-state index in [2.05, 4.69) is 21.7 Å². The first kappa shape index (κ1) is 18.8. The van der Waals surface area contributed by atoms with Crippen molar-refractivity contribution in [2.45, 2.75) is 18.9 Å². The fraction of sp³-hybridized carbons (Fsp3) is 0.333. The molecule has 2 N–H and O–H groups in total. The van der Waals surface area contributed by atoms with Crippen molar-refractivity contribution in [3.8, 4) is 5.75 Å². The number of benzene rings is 2. The lowest BCUT2D eigenvalue weighted by Gasteiger charge is -2.19. The van der Waals surface area contributed by atoms with Gasteiger partial charge in [0.15, 0.2) is 5.96 Å². The van der Waals surface area contributed by atoms with Crippen LogP contribution in [0, 0.1) is 0 Å². The summed E-state index contributed by atoms with van der Waals surface area (Å²) in [5.74, 6) is 1.72. The highest BCUT2D eigenvalue weighted by Crippen LogP contribution is 2.21. The molecule has 1 unspecified atom stereocenters. The molecule has 0 aromatic heterocycles. The van der Waals surface area contributed by atoms with Crippen molar-refractivity contribution >= 4 is 17.6 Å². The Morgan fingerprint density at radius 1 is 1.19 bits per heavy atom. The van der Waals surface area contributed by atoms with Crippen LogP contribution in [0.2, 0.25) is 0 Å². The summed E-state index contributed by atoms with van der Waals surface area (Å²) in [4.78, 5) is 18.4. The number of nitrogens with one attached hydrogen (secondary N) is 2. The van der Waals surface area contributed by atoms with Gasteiger partial charge in [0.25, 0.3) is 0 Å². The zero-order valence-electron chi connectivity index (χ0n) is 15.8. The van der Waals surface area contributed by atoms with E-state index in [1.165, 1.54) is 0 Å². The van der Waals surface area contributed by atoms with Crippen LogP contribution in [0.3, 0.4) is 0 Å². The van der Waals surface area contributed by atoms with Crippen LogP contribution in [0.5, 0.6) is 5.75 Å². The molecule has 27 heavy (non-hydrogen) atoms. The van der Waals surface area contributed by atoms with Gasteiger partial charge in [-0.05, 0) is 30.2 Å². The molecule has 0 spiro atoms. The first-order chi connectivity index (χ1) is 13.2. The molecular weight excluding hydrogens is 340 g/mol. The maximum absolute atomic E-state index is 12.3. The van der Waals surface area contributed by atoms with E-state index < -0.39 is 0 Å². The first-order valence-electron chi connectivity index (χ1n) is 9.15. The second kappa shape index (κ2) is 9.07. The number of carbonyl (C=O) groups excluding carboxylic acids is 1. The standard InChI is InChI=1S/C21H26N4O2/c1-22-21(23-13-12-16-8-6-7-11-19(16)27-2)24-17-14-20(26)25(15-17)18-9-4-3-5-10-18/h3-11,17H,12-15H2,1-2H3,(H2,22,23,24). The minimum absolute atomic E-state index is 0.0372. The van der Waals surface area contributed by atoms with Gasteiger partial charge in [-0.3, -0.25) is 9.79 Å². The number of aliphatic imine (C=N–C) groups is 1. The lowest BCUT2D eigenvalue weighted by molar-refractivity contribution is -0.117. The van der Waals surface area contributed by atoms with Crippen LogP contribution in [-0.4, -0.2) is 45.2 Å². The second-order valence-corrected chi connectivity index (χ2v) is 6.45. The predicted octanol–water partition coefficient (Wildman–Crippen LogP) is 2.21. The van der Waals surface area contributed by atoms with E-state index in [0.717, 1.165) is 30.0 Å². The SMILES string of the molecule is CN=C(NCCc1ccccc1OC)NC1CC(=O)N(c2ccccc2)C1. The molecule has 0 radical (unpaired) electrons. The normalized spacial score (nSPS) is 17.1. The molecule has 1 fully saturated rings. The van der Waals surface area contributed by atoms with Gasteiger partial charge in [-0.15, -0.1) is 0 Å². The Morgan fingerprint density at radius 3 is 2.67 bits per heavy atom. The van der Waals surface area contributed by atoms with Crippen LogP contribution in [0.25, 0.3) is 0 Å². The quantitative estimate of drug-likeness (QED) is 0.608. The smallest absolute Gasteiger partial charge is 0.229 e. The molecule has 2 aromatic rings. The summed E-state index contributed by atoms with van der Waals surface area (Å²) in [5, 5.41) is 6.67. The Kier molecular flexibility index (Phi) is 6.30. The summed E-state index contributed by atoms with van der Waals surface area (Å²) in [6.07, 6.45) is 1.28. The van der Waals surface area contributed by atoms with Gasteiger partial charge in [-0.1, -0.05) is 36.4 Å². The summed E-state index contributed by atoms with van der Waals surface area (Å²) in [6.45, 7) is 1.36. The summed E-state index contributed by atoms with van der Waals surface area (Å²) in [5.41, 5.74) is 2.08. The molecule has 0 aliphatic carbocycles. The van der Waals surface area contributed by atoms with Gasteiger partial charge >= 0.3 is 0 Å². The predicted molar refractivity (Wildman–Crippen MR) is 108 cm³/mol. The maximum Gasteiger partial charge on any atom is 0.229 e. The van der Waals surface area contributed by atoms with Crippen molar-refractivity contribution in [1.29, 1.82) is 0 Å². The Morgan fingerprint density at radius 2 is 1.93 bits per heavy atom. The Labute approximate surface area is 160 Å². The molecule has 0 saturated carbocycles. The lowest BCUT2D eigenvalue weighted by atomic mass is 10.1. The number of hydrogen-bond acceptors (Lipinski definition) is 3. The van der Waals surface area contributed by atoms with Crippen LogP contribution in [0.15, 0.2) is 59.6 Å². The van der Waals surface area contributed by atoms with Crippen LogP contribution in [0.1, 0.15) is 12.0 Å². The molecular formula is C21H26N4O2. The average Bonchev–Trinajstić information content (AvgIpc) is 3.08. The Balaban J connectivity index is 1.51. The molecule has 6 heteroatoms. The molecule has 1 atom stereocenters. The fourth-order valence-electron chi connectivity index (χ4n) is 3.27. The van der Waals surface area contributed by atoms with Crippen molar-refractivity contribution in [1.82, 2.24) is 10.6 Å². The molecule has 1 heterocycles. The highest BCUT2D eigenvalue weighted by atomic mass is 16.5. The number of methoxy groups -OCH3 is 1. The topological polar surface area (TPSA) is 66.0 Å². The minimum atomic E-state index is 0.0372. The van der Waals surface area contributed by atoms with E-state index in [-0.39, 0.29) is 11.9 Å². The zero-order chi connectivity index (χ0) is 19.1. The highest BCUT2D eigenvalue weighted by molar-refractivity contribution is 5.97. The number of guanidine groups is 1. The summed E-state index contributed by atoms with van der Waals surface area (Å²) in [7, 11) is 3.42. The van der Waals surface area contributed by atoms with Gasteiger partial charge in [-0.25, -0.2) is 0 Å². The fourth-order valence-corrected chi connectivity index (χ4v) is 3.27. The second-order valence-electron chi connectivity index (χ2n) is 6.45. The molecule has 0 bridgehead atoms.